The van der Waals surface area contributed by atoms with Gasteiger partial charge in [0.2, 0.25) is 0 Å². The quantitative estimate of drug-likeness (QED) is 0.821. The molecular formula is C15H26N2S. The van der Waals surface area contributed by atoms with Crippen LogP contribution in [0.25, 0.3) is 0 Å². The van der Waals surface area contributed by atoms with Gasteiger partial charge in [0, 0.05) is 17.6 Å². The van der Waals surface area contributed by atoms with Crippen molar-refractivity contribution in [2.24, 2.45) is 5.92 Å². The molecule has 102 valence electrons. The lowest BCUT2D eigenvalue weighted by atomic mass is 9.89. The van der Waals surface area contributed by atoms with E-state index in [4.69, 9.17) is 0 Å². The number of aromatic nitrogens is 1. The average Bonchev–Trinajstić information content (AvgIpc) is 2.79. The average molecular weight is 266 g/mol. The van der Waals surface area contributed by atoms with Crippen LogP contribution in [0.4, 0.5) is 0 Å². The smallest absolute Gasteiger partial charge is 0.113 e. The molecular weight excluding hydrogens is 240 g/mol. The molecule has 1 heterocycles. The molecule has 18 heavy (non-hydrogen) atoms. The lowest BCUT2D eigenvalue weighted by Crippen LogP contribution is -2.45. The van der Waals surface area contributed by atoms with E-state index in [1.165, 1.54) is 43.5 Å². The Balaban J connectivity index is 2.20. The van der Waals surface area contributed by atoms with Gasteiger partial charge in [0.25, 0.3) is 0 Å². The first-order valence-electron chi connectivity index (χ1n) is 7.34. The van der Waals surface area contributed by atoms with E-state index in [9.17, 15) is 0 Å². The number of thiazole rings is 1. The minimum Gasteiger partial charge on any atom is -0.303 e. The van der Waals surface area contributed by atoms with Crippen molar-refractivity contribution in [1.82, 2.24) is 10.3 Å². The Morgan fingerprint density at radius 1 is 1.44 bits per heavy atom. The SMILES string of the molecule is CCC1CCCC(NC(C)C)(c2nccs2)CC1. The lowest BCUT2D eigenvalue weighted by Gasteiger charge is -2.34. The molecule has 1 saturated carbocycles. The van der Waals surface area contributed by atoms with Crippen LogP contribution in [0.3, 0.4) is 0 Å². The van der Waals surface area contributed by atoms with Gasteiger partial charge in [-0.15, -0.1) is 11.3 Å². The van der Waals surface area contributed by atoms with Gasteiger partial charge in [-0.1, -0.05) is 26.2 Å². The summed E-state index contributed by atoms with van der Waals surface area (Å²) in [5.74, 6) is 0.917. The van der Waals surface area contributed by atoms with Crippen molar-refractivity contribution in [3.05, 3.63) is 16.6 Å². The summed E-state index contributed by atoms with van der Waals surface area (Å²) in [6.07, 6.45) is 9.84. The van der Waals surface area contributed by atoms with Crippen LogP contribution in [0.1, 0.15) is 64.3 Å². The molecule has 1 aromatic rings. The van der Waals surface area contributed by atoms with E-state index in [2.05, 4.69) is 36.5 Å². The van der Waals surface area contributed by atoms with E-state index in [1.54, 1.807) is 0 Å². The molecule has 0 radical (unpaired) electrons. The maximum Gasteiger partial charge on any atom is 0.113 e. The summed E-state index contributed by atoms with van der Waals surface area (Å²) < 4.78 is 0. The maximum absolute atomic E-state index is 4.61. The maximum atomic E-state index is 4.61. The van der Waals surface area contributed by atoms with Crippen LogP contribution in [-0.4, -0.2) is 11.0 Å². The third kappa shape index (κ3) is 3.12. The van der Waals surface area contributed by atoms with Gasteiger partial charge in [-0.3, -0.25) is 0 Å². The monoisotopic (exact) mass is 266 g/mol. The van der Waals surface area contributed by atoms with Crippen molar-refractivity contribution in [3.8, 4) is 0 Å². The first-order valence-corrected chi connectivity index (χ1v) is 8.22. The molecule has 2 rings (SSSR count). The second-order valence-corrected chi connectivity index (χ2v) is 6.82. The molecule has 1 N–H and O–H groups in total. The van der Waals surface area contributed by atoms with E-state index in [0.29, 0.717) is 6.04 Å². The summed E-state index contributed by atoms with van der Waals surface area (Å²) in [7, 11) is 0. The van der Waals surface area contributed by atoms with Crippen molar-refractivity contribution in [2.45, 2.75) is 70.9 Å². The number of hydrogen-bond acceptors (Lipinski definition) is 3. The highest BCUT2D eigenvalue weighted by Crippen LogP contribution is 2.39. The van der Waals surface area contributed by atoms with Crippen LogP contribution < -0.4 is 5.32 Å². The molecule has 0 bridgehead atoms. The van der Waals surface area contributed by atoms with Crippen LogP contribution in [-0.2, 0) is 5.54 Å². The van der Waals surface area contributed by atoms with E-state index < -0.39 is 0 Å². The normalized spacial score (nSPS) is 29.4. The summed E-state index contributed by atoms with van der Waals surface area (Å²) in [6.45, 7) is 6.83. The standard InChI is InChI=1S/C15H26N2S/c1-4-13-6-5-8-15(9-7-13,17-12(2)3)14-16-10-11-18-14/h10-13,17H,4-9H2,1-3H3. The van der Waals surface area contributed by atoms with Gasteiger partial charge in [0.1, 0.15) is 5.01 Å². The van der Waals surface area contributed by atoms with E-state index in [-0.39, 0.29) is 5.54 Å². The highest BCUT2D eigenvalue weighted by Gasteiger charge is 2.36. The minimum absolute atomic E-state index is 0.145. The van der Waals surface area contributed by atoms with Crippen molar-refractivity contribution >= 4 is 11.3 Å². The Morgan fingerprint density at radius 3 is 2.89 bits per heavy atom. The van der Waals surface area contributed by atoms with Crippen molar-refractivity contribution < 1.29 is 0 Å². The second kappa shape index (κ2) is 6.16. The fourth-order valence-electron chi connectivity index (χ4n) is 3.25. The second-order valence-electron chi connectivity index (χ2n) is 5.92. The summed E-state index contributed by atoms with van der Waals surface area (Å²) >= 11 is 1.81. The molecule has 0 aromatic carbocycles. The van der Waals surface area contributed by atoms with E-state index in [1.807, 2.05) is 17.5 Å². The molecule has 1 aliphatic carbocycles. The Hall–Kier alpha value is -0.410. The molecule has 1 aliphatic rings. The van der Waals surface area contributed by atoms with Gasteiger partial charge in [0.15, 0.2) is 0 Å². The van der Waals surface area contributed by atoms with E-state index in [0.717, 1.165) is 5.92 Å². The van der Waals surface area contributed by atoms with Gasteiger partial charge >= 0.3 is 0 Å². The molecule has 1 aromatic heterocycles. The predicted molar refractivity (Wildman–Crippen MR) is 78.9 cm³/mol. The molecule has 3 heteroatoms. The summed E-state index contributed by atoms with van der Waals surface area (Å²) in [5, 5.41) is 7.24. The number of hydrogen-bond donors (Lipinski definition) is 1. The van der Waals surface area contributed by atoms with Gasteiger partial charge in [-0.2, -0.15) is 0 Å². The molecule has 0 saturated heterocycles. The number of nitrogens with zero attached hydrogens (tertiary/aromatic N) is 1. The zero-order chi connectivity index (χ0) is 13.0. The topological polar surface area (TPSA) is 24.9 Å². The molecule has 0 spiro atoms. The molecule has 2 atom stereocenters. The molecule has 2 unspecified atom stereocenters. The van der Waals surface area contributed by atoms with Gasteiger partial charge < -0.3 is 5.32 Å². The van der Waals surface area contributed by atoms with Crippen molar-refractivity contribution in [1.29, 1.82) is 0 Å². The Bertz CT molecular complexity index is 347. The summed E-state index contributed by atoms with van der Waals surface area (Å²) in [5.41, 5.74) is 0.145. The highest BCUT2D eigenvalue weighted by atomic mass is 32.1. The highest BCUT2D eigenvalue weighted by molar-refractivity contribution is 7.09. The third-order valence-corrected chi connectivity index (χ3v) is 5.16. The molecule has 0 aliphatic heterocycles. The first kappa shape index (κ1) is 14.0. The van der Waals surface area contributed by atoms with Gasteiger partial charge in [-0.25, -0.2) is 4.98 Å². The summed E-state index contributed by atoms with van der Waals surface area (Å²) in [6, 6.07) is 0.520. The van der Waals surface area contributed by atoms with Crippen LogP contribution in [0.5, 0.6) is 0 Å². The Morgan fingerprint density at radius 2 is 2.28 bits per heavy atom. The van der Waals surface area contributed by atoms with Crippen molar-refractivity contribution in [2.75, 3.05) is 0 Å². The van der Waals surface area contributed by atoms with Crippen LogP contribution in [0.2, 0.25) is 0 Å². The fourth-order valence-corrected chi connectivity index (χ4v) is 4.11. The zero-order valence-electron chi connectivity index (χ0n) is 11.9. The Labute approximate surface area is 115 Å². The number of nitrogens with one attached hydrogen (secondary N) is 1. The van der Waals surface area contributed by atoms with Gasteiger partial charge in [-0.05, 0) is 39.0 Å². The lowest BCUT2D eigenvalue weighted by molar-refractivity contribution is 0.262. The fraction of sp³-hybridized carbons (Fsp3) is 0.800. The summed E-state index contributed by atoms with van der Waals surface area (Å²) in [4.78, 5) is 4.61. The van der Waals surface area contributed by atoms with Gasteiger partial charge in [0.05, 0.1) is 5.54 Å². The zero-order valence-corrected chi connectivity index (χ0v) is 12.7. The largest absolute Gasteiger partial charge is 0.303 e. The van der Waals surface area contributed by atoms with Crippen LogP contribution in [0.15, 0.2) is 11.6 Å². The molecule has 1 fully saturated rings. The van der Waals surface area contributed by atoms with Crippen molar-refractivity contribution in [3.63, 3.8) is 0 Å². The van der Waals surface area contributed by atoms with Crippen LogP contribution >= 0.6 is 11.3 Å². The Kier molecular flexibility index (Phi) is 4.79. The third-order valence-electron chi connectivity index (χ3n) is 4.18. The molecule has 2 nitrogen and oxygen atoms in total. The van der Waals surface area contributed by atoms with Crippen LogP contribution in [0, 0.1) is 5.92 Å². The first-order chi connectivity index (χ1) is 8.66. The minimum atomic E-state index is 0.145. The predicted octanol–water partition coefficient (Wildman–Crippen LogP) is 4.33. The van der Waals surface area contributed by atoms with E-state index >= 15 is 0 Å². The molecule has 0 amide bonds. The number of rotatable bonds is 4.